The van der Waals surface area contributed by atoms with Gasteiger partial charge in [-0.2, -0.15) is 5.10 Å². The third-order valence-electron chi connectivity index (χ3n) is 11.5. The normalized spacial score (nSPS) is 31.5. The van der Waals surface area contributed by atoms with Gasteiger partial charge in [0.25, 0.3) is 0 Å². The highest BCUT2D eigenvalue weighted by Crippen LogP contribution is 2.49. The minimum absolute atomic E-state index is 0.242. The van der Waals surface area contributed by atoms with Crippen molar-refractivity contribution in [3.05, 3.63) is 58.2 Å². The largest absolute Gasteiger partial charge is 0.476 e. The predicted octanol–water partition coefficient (Wildman–Crippen LogP) is 3.98. The monoisotopic (exact) mass is 633 g/mol. The van der Waals surface area contributed by atoms with E-state index in [4.69, 9.17) is 25.3 Å². The molecule has 248 valence electrons. The van der Waals surface area contributed by atoms with E-state index >= 15 is 0 Å². The molecule has 0 aromatic carbocycles. The number of hydrogen-bond acceptors (Lipinski definition) is 9. The van der Waals surface area contributed by atoms with Crippen LogP contribution in [0.25, 0.3) is 0 Å². The fourth-order valence-electron chi connectivity index (χ4n) is 9.18. The van der Waals surface area contributed by atoms with Crippen LogP contribution in [-0.4, -0.2) is 87.3 Å². The Bertz CT molecular complexity index is 1560. The van der Waals surface area contributed by atoms with Crippen LogP contribution < -0.4 is 15.4 Å². The van der Waals surface area contributed by atoms with Crippen LogP contribution in [0.15, 0.2) is 35.6 Å². The maximum atomic E-state index is 14.6. The van der Waals surface area contributed by atoms with Gasteiger partial charge in [-0.15, -0.1) is 0 Å². The van der Waals surface area contributed by atoms with Crippen LogP contribution in [0, 0.1) is 5.92 Å². The molecular weight excluding hydrogens is 585 g/mol. The smallest absolute Gasteiger partial charge is 0.215 e. The maximum Gasteiger partial charge on any atom is 0.215 e. The summed E-state index contributed by atoms with van der Waals surface area (Å²) in [6.45, 7) is 4.67. The number of rotatable bonds is 6. The maximum absolute atomic E-state index is 14.6. The Hall–Kier alpha value is -2.99. The molecule has 6 heterocycles. The van der Waals surface area contributed by atoms with Crippen molar-refractivity contribution < 1.29 is 19.0 Å². The summed E-state index contributed by atoms with van der Waals surface area (Å²) < 4.78 is 30.2. The lowest BCUT2D eigenvalue weighted by molar-refractivity contribution is -0.0641. The molecule has 1 spiro atoms. The number of ether oxygens (including phenoxy) is 2. The number of hydrogen-bond donors (Lipinski definition) is 2. The summed E-state index contributed by atoms with van der Waals surface area (Å²) in [6, 6.07) is 4.11. The fourth-order valence-corrected chi connectivity index (χ4v) is 9.18. The summed E-state index contributed by atoms with van der Waals surface area (Å²) in [6.07, 6.45) is 11.2. The molecule has 8 rings (SSSR count). The number of aromatic nitrogens is 3. The number of allylic oxidation sites excluding steroid dienone is 2. The molecule has 0 bridgehead atoms. The molecule has 11 heteroatoms. The lowest BCUT2D eigenvalue weighted by Crippen LogP contribution is -2.46. The van der Waals surface area contributed by atoms with Gasteiger partial charge in [0.15, 0.2) is 6.23 Å². The molecule has 1 saturated carbocycles. The number of aryl methyl sites for hydroxylation is 1. The standard InChI is InChI=1S/C35H48FN7O3/c1-40(2)33(44)29-15-26-20-41(11-5-13-43(26)39-29)31-16-32(45-22-34-9-4-12-42(34)19-24(36)17-34)38-30-18-35(46-21-27(30)31)10-3-6-23-7-8-25(37)14-28(23)35/h8,14-16,23-24,33,44H,3-7,9-13,17-22,37H2,1-2H3/t23?,24-,33?,34+,35+/m1/s1. The summed E-state index contributed by atoms with van der Waals surface area (Å²) in [5.41, 5.74) is 12.8. The zero-order chi connectivity index (χ0) is 31.6. The van der Waals surface area contributed by atoms with Gasteiger partial charge in [0, 0.05) is 55.5 Å². The second-order valence-electron chi connectivity index (χ2n) is 14.8. The number of aliphatic hydroxyl groups excluding tert-OH is 1. The third kappa shape index (κ3) is 5.23. The number of anilines is 1. The van der Waals surface area contributed by atoms with Crippen LogP contribution in [0.2, 0.25) is 0 Å². The van der Waals surface area contributed by atoms with E-state index in [9.17, 15) is 9.50 Å². The van der Waals surface area contributed by atoms with Gasteiger partial charge >= 0.3 is 0 Å². The van der Waals surface area contributed by atoms with Crippen LogP contribution in [0.4, 0.5) is 10.1 Å². The minimum Gasteiger partial charge on any atom is -0.476 e. The van der Waals surface area contributed by atoms with E-state index < -0.39 is 18.0 Å². The molecule has 46 heavy (non-hydrogen) atoms. The van der Waals surface area contributed by atoms with E-state index in [-0.39, 0.29) is 5.54 Å². The highest BCUT2D eigenvalue weighted by molar-refractivity contribution is 5.59. The molecule has 0 amide bonds. The first kappa shape index (κ1) is 30.4. The molecule has 2 aliphatic carbocycles. The Balaban J connectivity index is 1.15. The Labute approximate surface area is 271 Å². The van der Waals surface area contributed by atoms with Gasteiger partial charge in [0.1, 0.15) is 18.5 Å². The lowest BCUT2D eigenvalue weighted by atomic mass is 9.67. The van der Waals surface area contributed by atoms with Gasteiger partial charge in [-0.25, -0.2) is 9.37 Å². The van der Waals surface area contributed by atoms with Crippen LogP contribution in [0.1, 0.15) is 80.2 Å². The number of nitrogens with two attached hydrogens (primary N) is 1. The van der Waals surface area contributed by atoms with Crippen LogP contribution in [0.5, 0.6) is 5.88 Å². The van der Waals surface area contributed by atoms with Crippen molar-refractivity contribution in [3.63, 3.8) is 0 Å². The number of fused-ring (bicyclic) bond motifs is 5. The first-order valence-electron chi connectivity index (χ1n) is 17.2. The SMILES string of the molecule is CN(C)C(O)c1cc2n(n1)CCCN(c1cc(OC[C@@]34CCCN3C[C@H](F)C4)nc3c1CO[C@@]1(CCCC4CC=C(N)C=C41)C3)C2. The van der Waals surface area contributed by atoms with E-state index in [1.807, 2.05) is 24.8 Å². The average Bonchev–Trinajstić information content (AvgIpc) is 3.66. The van der Waals surface area contributed by atoms with Gasteiger partial charge in [-0.1, -0.05) is 6.08 Å². The molecule has 3 fully saturated rings. The highest BCUT2D eigenvalue weighted by Gasteiger charge is 2.50. The van der Waals surface area contributed by atoms with Crippen LogP contribution in [-0.2, 0) is 30.9 Å². The molecule has 6 aliphatic rings. The van der Waals surface area contributed by atoms with Crippen molar-refractivity contribution in [1.29, 1.82) is 0 Å². The van der Waals surface area contributed by atoms with Gasteiger partial charge in [-0.05, 0) is 89.2 Å². The number of nitrogens with zero attached hydrogens (tertiary/aromatic N) is 6. The van der Waals surface area contributed by atoms with E-state index in [0.29, 0.717) is 56.6 Å². The summed E-state index contributed by atoms with van der Waals surface area (Å²) in [5, 5.41) is 15.5. The molecule has 2 aromatic heterocycles. The van der Waals surface area contributed by atoms with E-state index in [1.54, 1.807) is 4.90 Å². The van der Waals surface area contributed by atoms with Gasteiger partial charge < -0.3 is 25.2 Å². The number of alkyl halides is 1. The first-order chi connectivity index (χ1) is 22.2. The van der Waals surface area contributed by atoms with Crippen molar-refractivity contribution in [2.45, 2.75) is 101 Å². The summed E-state index contributed by atoms with van der Waals surface area (Å²) in [7, 11) is 3.70. The molecule has 5 atom stereocenters. The Morgan fingerprint density at radius 1 is 1.20 bits per heavy atom. The van der Waals surface area contributed by atoms with Crippen molar-refractivity contribution in [2.24, 2.45) is 11.7 Å². The van der Waals surface area contributed by atoms with Crippen molar-refractivity contribution >= 4 is 5.69 Å². The van der Waals surface area contributed by atoms with Gasteiger partial charge in [0.2, 0.25) is 5.88 Å². The molecular formula is C35H48FN7O3. The lowest BCUT2D eigenvalue weighted by Gasteiger charge is -2.47. The predicted molar refractivity (Wildman–Crippen MR) is 173 cm³/mol. The topological polar surface area (TPSA) is 105 Å². The van der Waals surface area contributed by atoms with Crippen LogP contribution in [0.3, 0.4) is 0 Å². The second kappa shape index (κ2) is 11.6. The number of aliphatic hydroxyl groups is 1. The molecule has 2 saturated heterocycles. The van der Waals surface area contributed by atoms with E-state index in [2.05, 4.69) is 28.0 Å². The van der Waals surface area contributed by atoms with E-state index in [0.717, 1.165) is 92.9 Å². The molecule has 10 nitrogen and oxygen atoms in total. The van der Waals surface area contributed by atoms with Crippen molar-refractivity contribution in [3.8, 4) is 5.88 Å². The highest BCUT2D eigenvalue weighted by atomic mass is 19.1. The minimum atomic E-state index is -0.796. The fraction of sp³-hybridized carbons (Fsp3) is 0.657. The second-order valence-corrected chi connectivity index (χ2v) is 14.8. The zero-order valence-corrected chi connectivity index (χ0v) is 27.3. The first-order valence-corrected chi connectivity index (χ1v) is 17.2. The number of halogens is 1. The number of pyridine rings is 1. The Morgan fingerprint density at radius 3 is 2.96 bits per heavy atom. The third-order valence-corrected chi connectivity index (χ3v) is 11.5. The summed E-state index contributed by atoms with van der Waals surface area (Å²) >= 11 is 0. The van der Waals surface area contributed by atoms with Gasteiger partial charge in [-0.3, -0.25) is 14.5 Å². The quantitative estimate of drug-likeness (QED) is 0.457. The molecule has 2 unspecified atom stereocenters. The molecule has 2 aromatic rings. The average molecular weight is 634 g/mol. The van der Waals surface area contributed by atoms with Crippen molar-refractivity contribution in [2.75, 3.05) is 45.2 Å². The summed E-state index contributed by atoms with van der Waals surface area (Å²) in [5.74, 6) is 1.07. The van der Waals surface area contributed by atoms with Gasteiger partial charge in [0.05, 0.1) is 35.7 Å². The summed E-state index contributed by atoms with van der Waals surface area (Å²) in [4.78, 5) is 11.7. The van der Waals surface area contributed by atoms with Crippen molar-refractivity contribution in [1.82, 2.24) is 24.6 Å². The zero-order valence-electron chi connectivity index (χ0n) is 27.3. The Morgan fingerprint density at radius 2 is 2.09 bits per heavy atom. The molecule has 4 aliphatic heterocycles. The molecule has 0 radical (unpaired) electrons. The van der Waals surface area contributed by atoms with E-state index in [1.165, 1.54) is 5.57 Å². The Kier molecular flexibility index (Phi) is 7.66. The van der Waals surface area contributed by atoms with Crippen LogP contribution >= 0.6 is 0 Å². The molecule has 3 N–H and O–H groups in total.